The van der Waals surface area contributed by atoms with Gasteiger partial charge in [-0.25, -0.2) is 9.97 Å². The molecular weight excluding hydrogens is 731 g/mol. The first-order valence-corrected chi connectivity index (χ1v) is 20.3. The maximum absolute atomic E-state index is 6.45. The Balaban J connectivity index is 1.06. The molecule has 0 saturated heterocycles. The molecule has 0 amide bonds. The minimum atomic E-state index is 0.635. The maximum atomic E-state index is 6.45. The molecule has 0 spiro atoms. The SMILES string of the molecule is c1ccc(-c2ccc3c(c2)c2cccc(-c4cccc(-c5cccc(-c6cccc7c6oc6ccccc67)c5)c4)c2n3-c2nc(-c3ccccc3)c3ccccc3n2)cc1. The zero-order valence-corrected chi connectivity index (χ0v) is 32.5. The molecule has 0 atom stereocenters. The second-order valence-electron chi connectivity index (χ2n) is 15.3. The van der Waals surface area contributed by atoms with Crippen LogP contribution < -0.4 is 0 Å². The molecule has 12 aromatic rings. The van der Waals surface area contributed by atoms with E-state index in [9.17, 15) is 0 Å². The van der Waals surface area contributed by atoms with Gasteiger partial charge in [0.2, 0.25) is 5.95 Å². The molecule has 0 bridgehead atoms. The van der Waals surface area contributed by atoms with Crippen molar-refractivity contribution < 1.29 is 4.42 Å². The number of hydrogen-bond acceptors (Lipinski definition) is 3. The minimum absolute atomic E-state index is 0.635. The van der Waals surface area contributed by atoms with Crippen LogP contribution in [-0.4, -0.2) is 14.5 Å². The van der Waals surface area contributed by atoms with Crippen molar-refractivity contribution in [3.05, 3.63) is 212 Å². The van der Waals surface area contributed by atoms with Crippen molar-refractivity contribution in [2.75, 3.05) is 0 Å². The fourth-order valence-corrected chi connectivity index (χ4v) is 9.01. The molecule has 4 nitrogen and oxygen atoms in total. The van der Waals surface area contributed by atoms with Crippen molar-refractivity contribution in [1.29, 1.82) is 0 Å². The lowest BCUT2D eigenvalue weighted by Gasteiger charge is -2.14. The molecule has 0 N–H and O–H groups in total. The second-order valence-corrected chi connectivity index (χ2v) is 15.3. The van der Waals surface area contributed by atoms with Crippen LogP contribution >= 0.6 is 0 Å². The molecule has 3 aromatic heterocycles. The number of furan rings is 1. The van der Waals surface area contributed by atoms with E-state index in [2.05, 4.69) is 199 Å². The third kappa shape index (κ3) is 5.53. The molecular formula is C56H35N3O. The maximum Gasteiger partial charge on any atom is 0.235 e. The van der Waals surface area contributed by atoms with Gasteiger partial charge in [-0.3, -0.25) is 4.57 Å². The van der Waals surface area contributed by atoms with E-state index in [1.165, 1.54) is 5.56 Å². The van der Waals surface area contributed by atoms with Crippen molar-refractivity contribution in [2.45, 2.75) is 0 Å². The molecule has 0 unspecified atom stereocenters. The van der Waals surface area contributed by atoms with Crippen LogP contribution in [0.2, 0.25) is 0 Å². The van der Waals surface area contributed by atoms with Crippen LogP contribution in [0.1, 0.15) is 0 Å². The molecule has 0 radical (unpaired) electrons. The van der Waals surface area contributed by atoms with E-state index < -0.39 is 0 Å². The average molecular weight is 766 g/mol. The smallest absolute Gasteiger partial charge is 0.235 e. The summed E-state index contributed by atoms with van der Waals surface area (Å²) >= 11 is 0. The first-order valence-electron chi connectivity index (χ1n) is 20.3. The number of rotatable bonds is 6. The second kappa shape index (κ2) is 13.8. The highest BCUT2D eigenvalue weighted by Crippen LogP contribution is 2.42. The van der Waals surface area contributed by atoms with Gasteiger partial charge in [0.1, 0.15) is 11.2 Å². The van der Waals surface area contributed by atoms with E-state index in [1.54, 1.807) is 0 Å². The number of hydrogen-bond donors (Lipinski definition) is 0. The summed E-state index contributed by atoms with van der Waals surface area (Å²) in [4.78, 5) is 10.7. The highest BCUT2D eigenvalue weighted by molar-refractivity contribution is 6.15. The zero-order chi connectivity index (χ0) is 39.6. The topological polar surface area (TPSA) is 43.9 Å². The summed E-state index contributed by atoms with van der Waals surface area (Å²) in [7, 11) is 0. The lowest BCUT2D eigenvalue weighted by molar-refractivity contribution is 0.670. The van der Waals surface area contributed by atoms with Gasteiger partial charge in [-0.05, 0) is 69.8 Å². The molecule has 60 heavy (non-hydrogen) atoms. The van der Waals surface area contributed by atoms with Crippen LogP contribution in [0.25, 0.3) is 116 Å². The van der Waals surface area contributed by atoms with Crippen molar-refractivity contribution in [1.82, 2.24) is 14.5 Å². The summed E-state index contributed by atoms with van der Waals surface area (Å²) in [5.41, 5.74) is 15.8. The van der Waals surface area contributed by atoms with Crippen LogP contribution in [0.3, 0.4) is 0 Å². The number of benzene rings is 9. The largest absolute Gasteiger partial charge is 0.455 e. The van der Waals surface area contributed by atoms with Gasteiger partial charge in [0.05, 0.1) is 22.2 Å². The average Bonchev–Trinajstić information content (AvgIpc) is 3.88. The Morgan fingerprint density at radius 2 is 0.917 bits per heavy atom. The molecule has 0 saturated carbocycles. The van der Waals surface area contributed by atoms with E-state index in [4.69, 9.17) is 14.4 Å². The summed E-state index contributed by atoms with van der Waals surface area (Å²) < 4.78 is 8.72. The quantitative estimate of drug-likeness (QED) is 0.169. The third-order valence-electron chi connectivity index (χ3n) is 11.8. The van der Waals surface area contributed by atoms with Crippen LogP contribution in [0, 0.1) is 0 Å². The van der Waals surface area contributed by atoms with Gasteiger partial charge in [-0.1, -0.05) is 176 Å². The van der Waals surface area contributed by atoms with Crippen molar-refractivity contribution in [3.8, 4) is 61.7 Å². The number of para-hydroxylation sites is 4. The predicted octanol–water partition coefficient (Wildman–Crippen LogP) is 15.0. The van der Waals surface area contributed by atoms with E-state index in [-0.39, 0.29) is 0 Å². The molecule has 0 aliphatic rings. The summed E-state index contributed by atoms with van der Waals surface area (Å²) in [6, 6.07) is 75.1. The van der Waals surface area contributed by atoms with E-state index >= 15 is 0 Å². The van der Waals surface area contributed by atoms with Gasteiger partial charge < -0.3 is 4.42 Å². The van der Waals surface area contributed by atoms with Gasteiger partial charge in [0.25, 0.3) is 0 Å². The predicted molar refractivity (Wildman–Crippen MR) is 248 cm³/mol. The molecule has 280 valence electrons. The van der Waals surface area contributed by atoms with Crippen LogP contribution in [-0.2, 0) is 0 Å². The number of nitrogens with zero attached hydrogens (tertiary/aromatic N) is 3. The van der Waals surface area contributed by atoms with E-state index in [1.807, 2.05) is 18.2 Å². The first-order chi connectivity index (χ1) is 29.7. The molecule has 3 heterocycles. The molecule has 12 rings (SSSR count). The number of aromatic nitrogens is 3. The fraction of sp³-hybridized carbons (Fsp3) is 0. The van der Waals surface area contributed by atoms with Crippen molar-refractivity contribution in [2.24, 2.45) is 0 Å². The molecule has 4 heteroatoms. The summed E-state index contributed by atoms with van der Waals surface area (Å²) in [6.07, 6.45) is 0. The van der Waals surface area contributed by atoms with Gasteiger partial charge >= 0.3 is 0 Å². The molecule has 0 aliphatic carbocycles. The highest BCUT2D eigenvalue weighted by Gasteiger charge is 2.21. The van der Waals surface area contributed by atoms with Gasteiger partial charge in [0, 0.05) is 43.6 Å². The Hall–Kier alpha value is -8.08. The lowest BCUT2D eigenvalue weighted by atomic mass is 9.95. The third-order valence-corrected chi connectivity index (χ3v) is 11.8. The normalized spacial score (nSPS) is 11.7. The van der Waals surface area contributed by atoms with Crippen molar-refractivity contribution >= 4 is 54.6 Å². The Labute approximate surface area is 346 Å². The Morgan fingerprint density at radius 3 is 1.70 bits per heavy atom. The van der Waals surface area contributed by atoms with Crippen molar-refractivity contribution in [3.63, 3.8) is 0 Å². The Kier molecular flexibility index (Phi) is 7.82. The van der Waals surface area contributed by atoms with Crippen LogP contribution in [0.4, 0.5) is 0 Å². The minimum Gasteiger partial charge on any atom is -0.455 e. The molecule has 9 aromatic carbocycles. The summed E-state index contributed by atoms with van der Waals surface area (Å²) in [5.74, 6) is 0.635. The molecule has 0 fully saturated rings. The Bertz CT molecular complexity index is 3600. The monoisotopic (exact) mass is 765 g/mol. The van der Waals surface area contributed by atoms with Gasteiger partial charge in [-0.15, -0.1) is 0 Å². The van der Waals surface area contributed by atoms with E-state index in [0.717, 1.165) is 105 Å². The molecule has 0 aliphatic heterocycles. The van der Waals surface area contributed by atoms with Gasteiger partial charge in [-0.2, -0.15) is 0 Å². The van der Waals surface area contributed by atoms with E-state index in [0.29, 0.717) is 5.95 Å². The summed E-state index contributed by atoms with van der Waals surface area (Å²) in [5, 5.41) is 5.57. The fourth-order valence-electron chi connectivity index (χ4n) is 9.01. The van der Waals surface area contributed by atoms with Crippen LogP contribution in [0.15, 0.2) is 217 Å². The summed E-state index contributed by atoms with van der Waals surface area (Å²) in [6.45, 7) is 0. The highest BCUT2D eigenvalue weighted by atomic mass is 16.3. The zero-order valence-electron chi connectivity index (χ0n) is 32.5. The standard InChI is InChI=1S/C56H35N3O/c1-3-15-36(16-4-1)40-31-32-51-49(35-40)46-27-13-25-43(54(46)59(51)56-57-50-29-9-7-24-48(50)53(58-56)37-17-5-2-6-18-37)41-21-11-19-38(33-41)39-20-12-22-42(34-39)44-26-14-28-47-45-23-8-10-30-52(45)60-55(44)47/h1-35H. The van der Waals surface area contributed by atoms with Crippen LogP contribution in [0.5, 0.6) is 0 Å². The Morgan fingerprint density at radius 1 is 0.350 bits per heavy atom. The first kappa shape index (κ1) is 34.0. The number of fused-ring (bicyclic) bond motifs is 7. The lowest BCUT2D eigenvalue weighted by Crippen LogP contribution is -2.04. The van der Waals surface area contributed by atoms with Gasteiger partial charge in [0.15, 0.2) is 0 Å².